The molecule has 0 fully saturated rings. The summed E-state index contributed by atoms with van der Waals surface area (Å²) < 4.78 is 38.8. The first-order valence-electron chi connectivity index (χ1n) is 6.27. The van der Waals surface area contributed by atoms with E-state index in [9.17, 15) is 18.0 Å². The number of carbonyl (C=O) groups is 1. The fourth-order valence-electron chi connectivity index (χ4n) is 2.12. The lowest BCUT2D eigenvalue weighted by atomic mass is 10.2. The lowest BCUT2D eigenvalue weighted by Gasteiger charge is -2.27. The van der Waals surface area contributed by atoms with Gasteiger partial charge in [0.15, 0.2) is 0 Å². The number of hydrogen-bond acceptors (Lipinski definition) is 3. The van der Waals surface area contributed by atoms with Gasteiger partial charge in [0.2, 0.25) is 0 Å². The largest absolute Gasteiger partial charge is 0.480 e. The van der Waals surface area contributed by atoms with E-state index in [0.717, 1.165) is 19.9 Å². The van der Waals surface area contributed by atoms with Crippen LogP contribution in [0.15, 0.2) is 30.3 Å². The number of carboxylic acid groups (broad SMARTS) is 1. The van der Waals surface area contributed by atoms with Crippen molar-refractivity contribution in [2.24, 2.45) is 0 Å². The van der Waals surface area contributed by atoms with E-state index < -0.39 is 31.3 Å². The number of alkyl halides is 3. The number of fused-ring (bicyclic) bond motifs is 1. The molecule has 0 aliphatic rings. The van der Waals surface area contributed by atoms with E-state index in [1.807, 2.05) is 30.3 Å². The van der Waals surface area contributed by atoms with Crippen molar-refractivity contribution in [1.82, 2.24) is 4.90 Å². The number of carboxylic acids is 1. The van der Waals surface area contributed by atoms with Crippen LogP contribution in [0.4, 0.5) is 13.2 Å². The van der Waals surface area contributed by atoms with E-state index in [0.29, 0.717) is 0 Å². The van der Waals surface area contributed by atoms with Crippen molar-refractivity contribution in [2.45, 2.75) is 19.1 Å². The van der Waals surface area contributed by atoms with Crippen LogP contribution in [0.1, 0.15) is 17.8 Å². The molecule has 7 heteroatoms. The molecular formula is C14H14F3NO2S. The fraction of sp³-hybridized carbons (Fsp3) is 0.357. The lowest BCUT2D eigenvalue weighted by molar-refractivity contribution is -0.157. The summed E-state index contributed by atoms with van der Waals surface area (Å²) in [5.41, 5.74) is 0. The van der Waals surface area contributed by atoms with Gasteiger partial charge in [0.05, 0.1) is 13.1 Å². The Morgan fingerprint density at radius 2 is 2.05 bits per heavy atom. The molecule has 0 aliphatic heterocycles. The summed E-state index contributed by atoms with van der Waals surface area (Å²) in [6, 6.07) is 8.69. The highest BCUT2D eigenvalue weighted by atomic mass is 32.1. The highest BCUT2D eigenvalue weighted by Gasteiger charge is 2.34. The van der Waals surface area contributed by atoms with E-state index in [-0.39, 0.29) is 0 Å². The third-order valence-corrected chi connectivity index (χ3v) is 4.41. The van der Waals surface area contributed by atoms with Gasteiger partial charge in [-0.15, -0.1) is 11.3 Å². The first kappa shape index (κ1) is 15.8. The van der Waals surface area contributed by atoms with Gasteiger partial charge in [-0.05, 0) is 24.4 Å². The highest BCUT2D eigenvalue weighted by molar-refractivity contribution is 7.19. The second-order valence-electron chi connectivity index (χ2n) is 4.78. The Hall–Kier alpha value is -1.60. The second kappa shape index (κ2) is 6.03. The highest BCUT2D eigenvalue weighted by Crippen LogP contribution is 2.33. The molecule has 1 N–H and O–H groups in total. The molecule has 2 rings (SSSR count). The summed E-state index contributed by atoms with van der Waals surface area (Å²) in [5.74, 6) is -1.27. The molecule has 1 heterocycles. The fourth-order valence-corrected chi connectivity index (χ4v) is 3.27. The molecule has 0 amide bonds. The summed E-state index contributed by atoms with van der Waals surface area (Å²) >= 11 is 1.38. The van der Waals surface area contributed by atoms with Crippen molar-refractivity contribution in [2.75, 3.05) is 13.1 Å². The van der Waals surface area contributed by atoms with Crippen LogP contribution in [-0.4, -0.2) is 35.2 Å². The molecule has 0 bridgehead atoms. The van der Waals surface area contributed by atoms with Crippen LogP contribution in [0, 0.1) is 0 Å². The minimum absolute atomic E-state index is 0.611. The topological polar surface area (TPSA) is 40.5 Å². The average Bonchev–Trinajstić information content (AvgIpc) is 2.78. The minimum Gasteiger partial charge on any atom is -0.480 e. The molecular weight excluding hydrogens is 303 g/mol. The van der Waals surface area contributed by atoms with E-state index in [2.05, 4.69) is 0 Å². The smallest absolute Gasteiger partial charge is 0.401 e. The number of nitrogens with zero attached hydrogens (tertiary/aromatic N) is 1. The minimum atomic E-state index is -4.43. The maximum atomic E-state index is 12.6. The molecule has 114 valence electrons. The van der Waals surface area contributed by atoms with Crippen molar-refractivity contribution < 1.29 is 23.1 Å². The zero-order valence-electron chi connectivity index (χ0n) is 11.2. The summed E-state index contributed by atoms with van der Waals surface area (Å²) in [6.07, 6.45) is -4.43. The standard InChI is InChI=1S/C14H14F3NO2S/c1-9(18(7-13(19)20)8-14(15,16)17)12-6-10-4-2-3-5-11(10)21-12/h2-6,9H,7-8H2,1H3,(H,19,20). The first-order chi connectivity index (χ1) is 9.76. The van der Waals surface area contributed by atoms with Crippen molar-refractivity contribution in [3.8, 4) is 0 Å². The van der Waals surface area contributed by atoms with Gasteiger partial charge >= 0.3 is 12.1 Å². The van der Waals surface area contributed by atoms with Crippen molar-refractivity contribution in [1.29, 1.82) is 0 Å². The predicted octanol–water partition coefficient (Wildman–Crippen LogP) is 3.91. The first-order valence-corrected chi connectivity index (χ1v) is 7.09. The molecule has 0 aliphatic carbocycles. The van der Waals surface area contributed by atoms with Crippen LogP contribution < -0.4 is 0 Å². The summed E-state index contributed by atoms with van der Waals surface area (Å²) in [5, 5.41) is 9.76. The number of hydrogen-bond donors (Lipinski definition) is 1. The lowest BCUT2D eigenvalue weighted by Crippen LogP contribution is -2.39. The average molecular weight is 317 g/mol. The monoisotopic (exact) mass is 317 g/mol. The van der Waals surface area contributed by atoms with Crippen LogP contribution in [0.25, 0.3) is 10.1 Å². The predicted molar refractivity (Wildman–Crippen MR) is 75.5 cm³/mol. The van der Waals surface area contributed by atoms with Crippen LogP contribution in [0.5, 0.6) is 0 Å². The van der Waals surface area contributed by atoms with E-state index >= 15 is 0 Å². The molecule has 0 saturated carbocycles. The summed E-state index contributed by atoms with van der Waals surface area (Å²) in [6.45, 7) is -0.289. The molecule has 0 radical (unpaired) electrons. The number of aliphatic carboxylic acids is 1. The molecule has 1 aromatic carbocycles. The Morgan fingerprint density at radius 3 is 2.62 bits per heavy atom. The van der Waals surface area contributed by atoms with Crippen molar-refractivity contribution >= 4 is 27.4 Å². The van der Waals surface area contributed by atoms with Crippen molar-refractivity contribution in [3.63, 3.8) is 0 Å². The SMILES string of the molecule is CC(c1cc2ccccc2s1)N(CC(=O)O)CC(F)(F)F. The third kappa shape index (κ3) is 4.18. The number of rotatable bonds is 5. The summed E-state index contributed by atoms with van der Waals surface area (Å²) in [4.78, 5) is 12.4. The van der Waals surface area contributed by atoms with E-state index in [1.165, 1.54) is 11.3 Å². The molecule has 1 atom stereocenters. The van der Waals surface area contributed by atoms with Gasteiger partial charge in [0.1, 0.15) is 0 Å². The second-order valence-corrected chi connectivity index (χ2v) is 5.89. The molecule has 2 aromatic rings. The van der Waals surface area contributed by atoms with Gasteiger partial charge in [-0.1, -0.05) is 18.2 Å². The molecule has 1 aromatic heterocycles. The molecule has 0 spiro atoms. The Kier molecular flexibility index (Phi) is 4.53. The van der Waals surface area contributed by atoms with Gasteiger partial charge in [0.25, 0.3) is 0 Å². The molecule has 1 unspecified atom stereocenters. The number of thiophene rings is 1. The van der Waals surface area contributed by atoms with Gasteiger partial charge < -0.3 is 5.11 Å². The zero-order chi connectivity index (χ0) is 15.6. The van der Waals surface area contributed by atoms with Crippen LogP contribution in [0.3, 0.4) is 0 Å². The van der Waals surface area contributed by atoms with Crippen LogP contribution in [0.2, 0.25) is 0 Å². The Balaban J connectivity index is 2.27. The van der Waals surface area contributed by atoms with Gasteiger partial charge in [-0.25, -0.2) is 0 Å². The van der Waals surface area contributed by atoms with Crippen LogP contribution in [-0.2, 0) is 4.79 Å². The van der Waals surface area contributed by atoms with Crippen molar-refractivity contribution in [3.05, 3.63) is 35.2 Å². The molecule has 3 nitrogen and oxygen atoms in total. The van der Waals surface area contributed by atoms with E-state index in [1.54, 1.807) is 6.92 Å². The Morgan fingerprint density at radius 1 is 1.38 bits per heavy atom. The van der Waals surface area contributed by atoms with Gasteiger partial charge in [-0.2, -0.15) is 13.2 Å². The van der Waals surface area contributed by atoms with Crippen LogP contribution >= 0.6 is 11.3 Å². The Labute approximate surface area is 123 Å². The normalized spacial score (nSPS) is 13.8. The maximum Gasteiger partial charge on any atom is 0.401 e. The molecule has 21 heavy (non-hydrogen) atoms. The van der Waals surface area contributed by atoms with Gasteiger partial charge in [-0.3, -0.25) is 9.69 Å². The zero-order valence-corrected chi connectivity index (χ0v) is 12.0. The quantitative estimate of drug-likeness (QED) is 0.909. The molecule has 0 saturated heterocycles. The summed E-state index contributed by atoms with van der Waals surface area (Å²) in [7, 11) is 0. The Bertz CT molecular complexity index is 605. The maximum absolute atomic E-state index is 12.6. The van der Waals surface area contributed by atoms with Gasteiger partial charge in [0, 0.05) is 15.6 Å². The number of halogens is 3. The third-order valence-electron chi connectivity index (χ3n) is 3.12. The van der Waals surface area contributed by atoms with E-state index in [4.69, 9.17) is 5.11 Å². The number of benzene rings is 1.